The monoisotopic (exact) mass is 349 g/mol. The van der Waals surface area contributed by atoms with Crippen LogP contribution in [0.3, 0.4) is 0 Å². The molecule has 1 aromatic heterocycles. The van der Waals surface area contributed by atoms with Crippen LogP contribution in [0.1, 0.15) is 23.9 Å². The van der Waals surface area contributed by atoms with E-state index in [0.29, 0.717) is 13.1 Å². The second kappa shape index (κ2) is 8.11. The average molecular weight is 349 g/mol. The predicted molar refractivity (Wildman–Crippen MR) is 94.3 cm³/mol. The number of carbonyl (C=O) groups is 1. The lowest BCUT2D eigenvalue weighted by molar-refractivity contribution is -0.903. The maximum atomic E-state index is 13.8. The van der Waals surface area contributed by atoms with Crippen LogP contribution in [0.2, 0.25) is 0 Å². The fourth-order valence-corrected chi connectivity index (χ4v) is 2.79. The molecule has 1 aromatic carbocycles. The Kier molecular flexibility index (Phi) is 6.14. The zero-order valence-corrected chi connectivity index (χ0v) is 15.4. The Morgan fingerprint density at radius 1 is 1.40 bits per heavy atom. The van der Waals surface area contributed by atoms with Crippen molar-refractivity contribution in [3.8, 4) is 5.75 Å². The Morgan fingerprint density at radius 2 is 2.12 bits per heavy atom. The van der Waals surface area contributed by atoms with Gasteiger partial charge < -0.3 is 15.0 Å². The van der Waals surface area contributed by atoms with Crippen molar-refractivity contribution in [2.75, 3.05) is 25.5 Å². The molecule has 0 aliphatic carbocycles. The van der Waals surface area contributed by atoms with Gasteiger partial charge in [0.2, 0.25) is 0 Å². The van der Waals surface area contributed by atoms with Crippen LogP contribution in [0, 0.1) is 19.7 Å². The van der Waals surface area contributed by atoms with Crippen molar-refractivity contribution in [1.82, 2.24) is 9.78 Å². The molecule has 1 unspecified atom stereocenters. The molecule has 136 valence electrons. The van der Waals surface area contributed by atoms with Crippen LogP contribution in [0.25, 0.3) is 0 Å². The molecule has 6 nitrogen and oxygen atoms in total. The van der Waals surface area contributed by atoms with Crippen LogP contribution in [0.15, 0.2) is 18.2 Å². The van der Waals surface area contributed by atoms with E-state index in [-0.39, 0.29) is 17.5 Å². The summed E-state index contributed by atoms with van der Waals surface area (Å²) in [4.78, 5) is 13.4. The Hall–Kier alpha value is -2.41. The molecule has 0 aliphatic heterocycles. The first kappa shape index (κ1) is 18.9. The third-order valence-corrected chi connectivity index (χ3v) is 4.35. The molecule has 2 rings (SSSR count). The summed E-state index contributed by atoms with van der Waals surface area (Å²) in [6, 6.07) is 4.90. The van der Waals surface area contributed by atoms with Crippen molar-refractivity contribution in [2.45, 2.75) is 27.3 Å². The summed E-state index contributed by atoms with van der Waals surface area (Å²) in [6.45, 7) is 7.41. The second-order valence-electron chi connectivity index (χ2n) is 6.14. The Morgan fingerprint density at radius 3 is 2.64 bits per heavy atom. The fraction of sp³-hybridized carbons (Fsp3) is 0.444. The standard InChI is InChI=1S/C18H25FN4O2/c1-6-23(10-14-7-8-16(25-5)15(19)9-14)11-17(24)20-18-12(2)21-22(4)13(18)3/h7-9H,6,10-11H2,1-5H3,(H,20,24)/p+1. The van der Waals surface area contributed by atoms with Gasteiger partial charge in [-0.2, -0.15) is 5.10 Å². The third kappa shape index (κ3) is 4.57. The third-order valence-electron chi connectivity index (χ3n) is 4.35. The molecule has 25 heavy (non-hydrogen) atoms. The number of quaternary nitrogens is 1. The number of hydrogen-bond acceptors (Lipinski definition) is 3. The quantitative estimate of drug-likeness (QED) is 0.790. The molecule has 0 saturated heterocycles. The van der Waals surface area contributed by atoms with E-state index in [0.717, 1.165) is 34.1 Å². The van der Waals surface area contributed by atoms with Crippen molar-refractivity contribution in [3.63, 3.8) is 0 Å². The molecule has 7 heteroatoms. The minimum atomic E-state index is -0.387. The largest absolute Gasteiger partial charge is 0.494 e. The number of ether oxygens (including phenoxy) is 1. The summed E-state index contributed by atoms with van der Waals surface area (Å²) >= 11 is 0. The van der Waals surface area contributed by atoms with Crippen LogP contribution in [-0.4, -0.2) is 35.9 Å². The zero-order chi connectivity index (χ0) is 18.6. The van der Waals surface area contributed by atoms with Crippen LogP contribution >= 0.6 is 0 Å². The van der Waals surface area contributed by atoms with Gasteiger partial charge in [-0.3, -0.25) is 9.48 Å². The number of aryl methyl sites for hydroxylation is 2. The highest BCUT2D eigenvalue weighted by Crippen LogP contribution is 2.18. The normalized spacial score (nSPS) is 12.1. The highest BCUT2D eigenvalue weighted by Gasteiger charge is 2.17. The number of anilines is 1. The van der Waals surface area contributed by atoms with Gasteiger partial charge in [-0.25, -0.2) is 4.39 Å². The number of rotatable bonds is 7. The van der Waals surface area contributed by atoms with Crippen molar-refractivity contribution in [1.29, 1.82) is 0 Å². The van der Waals surface area contributed by atoms with Crippen LogP contribution in [0.5, 0.6) is 5.75 Å². The van der Waals surface area contributed by atoms with E-state index in [1.807, 2.05) is 33.9 Å². The average Bonchev–Trinajstić information content (AvgIpc) is 2.80. The number of nitrogens with one attached hydrogen (secondary N) is 2. The molecular weight excluding hydrogens is 323 g/mol. The summed E-state index contributed by atoms with van der Waals surface area (Å²) in [6.07, 6.45) is 0. The van der Waals surface area contributed by atoms with Gasteiger partial charge >= 0.3 is 0 Å². The highest BCUT2D eigenvalue weighted by atomic mass is 19.1. The van der Waals surface area contributed by atoms with Gasteiger partial charge in [0.05, 0.1) is 30.7 Å². The number of likely N-dealkylation sites (N-methyl/N-ethyl adjacent to an activating group) is 1. The number of methoxy groups -OCH3 is 1. The predicted octanol–water partition coefficient (Wildman–Crippen LogP) is 1.23. The summed E-state index contributed by atoms with van der Waals surface area (Å²) in [5.41, 5.74) is 3.31. The molecule has 1 heterocycles. The summed E-state index contributed by atoms with van der Waals surface area (Å²) in [7, 11) is 3.29. The molecule has 1 atom stereocenters. The van der Waals surface area contributed by atoms with Gasteiger partial charge in [-0.15, -0.1) is 0 Å². The number of amides is 1. The van der Waals surface area contributed by atoms with E-state index in [4.69, 9.17) is 4.74 Å². The highest BCUT2D eigenvalue weighted by molar-refractivity contribution is 5.92. The molecule has 0 fully saturated rings. The van der Waals surface area contributed by atoms with Crippen molar-refractivity contribution in [3.05, 3.63) is 41.0 Å². The number of benzene rings is 1. The Balaban J connectivity index is 2.01. The van der Waals surface area contributed by atoms with Crippen LogP contribution in [-0.2, 0) is 18.4 Å². The smallest absolute Gasteiger partial charge is 0.279 e. The minimum Gasteiger partial charge on any atom is -0.494 e. The lowest BCUT2D eigenvalue weighted by Gasteiger charge is -2.18. The lowest BCUT2D eigenvalue weighted by Crippen LogP contribution is -3.11. The first-order valence-corrected chi connectivity index (χ1v) is 8.31. The first-order chi connectivity index (χ1) is 11.8. The van der Waals surface area contributed by atoms with Gasteiger partial charge in [0.15, 0.2) is 18.1 Å². The molecule has 0 saturated carbocycles. The number of halogens is 1. The summed E-state index contributed by atoms with van der Waals surface area (Å²) < 4.78 is 20.5. The lowest BCUT2D eigenvalue weighted by atomic mass is 10.2. The van der Waals surface area contributed by atoms with Crippen molar-refractivity contribution < 1.29 is 18.8 Å². The summed E-state index contributed by atoms with van der Waals surface area (Å²) in [5, 5.41) is 7.24. The maximum absolute atomic E-state index is 13.8. The molecular formula is C18H26FN4O2+. The summed E-state index contributed by atoms with van der Waals surface area (Å²) in [5.74, 6) is -0.242. The molecule has 0 radical (unpaired) electrons. The first-order valence-electron chi connectivity index (χ1n) is 8.31. The van der Waals surface area contributed by atoms with E-state index in [1.54, 1.807) is 10.7 Å². The number of carbonyl (C=O) groups excluding carboxylic acids is 1. The molecule has 1 amide bonds. The van der Waals surface area contributed by atoms with Gasteiger partial charge in [0.1, 0.15) is 6.54 Å². The number of hydrogen-bond donors (Lipinski definition) is 2. The van der Waals surface area contributed by atoms with Gasteiger partial charge in [-0.05, 0) is 39.0 Å². The van der Waals surface area contributed by atoms with E-state index >= 15 is 0 Å². The molecule has 0 aliphatic rings. The molecule has 2 N–H and O–H groups in total. The van der Waals surface area contributed by atoms with Crippen LogP contribution < -0.4 is 15.0 Å². The van der Waals surface area contributed by atoms with E-state index in [9.17, 15) is 9.18 Å². The van der Waals surface area contributed by atoms with E-state index in [1.165, 1.54) is 13.2 Å². The van der Waals surface area contributed by atoms with E-state index < -0.39 is 0 Å². The molecule has 0 bridgehead atoms. The van der Waals surface area contributed by atoms with Crippen LogP contribution in [0.4, 0.5) is 10.1 Å². The van der Waals surface area contributed by atoms with Crippen molar-refractivity contribution in [2.24, 2.45) is 7.05 Å². The van der Waals surface area contributed by atoms with Gasteiger partial charge in [0.25, 0.3) is 5.91 Å². The van der Waals surface area contributed by atoms with Gasteiger partial charge in [0, 0.05) is 12.6 Å². The Labute approximate surface area is 147 Å². The topological polar surface area (TPSA) is 60.6 Å². The van der Waals surface area contributed by atoms with Gasteiger partial charge in [-0.1, -0.05) is 0 Å². The fourth-order valence-electron chi connectivity index (χ4n) is 2.79. The maximum Gasteiger partial charge on any atom is 0.279 e. The molecule has 0 spiro atoms. The second-order valence-corrected chi connectivity index (χ2v) is 6.14. The number of nitrogens with zero attached hydrogens (tertiary/aromatic N) is 2. The minimum absolute atomic E-state index is 0.0787. The molecule has 2 aromatic rings. The van der Waals surface area contributed by atoms with Crippen molar-refractivity contribution >= 4 is 11.6 Å². The number of aromatic nitrogens is 2. The zero-order valence-electron chi connectivity index (χ0n) is 15.4. The SMILES string of the molecule is CC[NH+](CC(=O)Nc1c(C)nn(C)c1C)Cc1ccc(OC)c(F)c1. The van der Waals surface area contributed by atoms with E-state index in [2.05, 4.69) is 10.4 Å². The Bertz CT molecular complexity index is 758.